The van der Waals surface area contributed by atoms with E-state index in [1.54, 1.807) is 42.5 Å². The smallest absolute Gasteiger partial charge is 0.746 e. The van der Waals surface area contributed by atoms with Crippen LogP contribution in [0.2, 0.25) is 5.02 Å². The number of halogens is 1. The minimum absolute atomic E-state index is 0. The maximum Gasteiger partial charge on any atom is 1.00 e. The molecule has 0 aliphatic carbocycles. The van der Waals surface area contributed by atoms with Crippen molar-refractivity contribution in [3.05, 3.63) is 59.1 Å². The van der Waals surface area contributed by atoms with Crippen molar-refractivity contribution >= 4 is 30.0 Å². The Morgan fingerprint density at radius 2 is 1.71 bits per heavy atom. The van der Waals surface area contributed by atoms with Crippen molar-refractivity contribution in [3.8, 4) is 11.5 Å². The first-order chi connectivity index (χ1) is 12.2. The van der Waals surface area contributed by atoms with E-state index >= 15 is 0 Å². The van der Waals surface area contributed by atoms with Crippen LogP contribution in [0.15, 0.2) is 48.5 Å². The molecule has 0 aliphatic heterocycles. The van der Waals surface area contributed by atoms with E-state index in [9.17, 15) is 22.4 Å². The molecule has 0 aliphatic rings. The third-order valence-corrected chi connectivity index (χ3v) is 5.18. The van der Waals surface area contributed by atoms with Crippen molar-refractivity contribution in [2.24, 2.45) is 0 Å². The van der Waals surface area contributed by atoms with Gasteiger partial charge in [-0.3, -0.25) is 0 Å². The molecule has 28 heavy (non-hydrogen) atoms. The van der Waals surface area contributed by atoms with Crippen LogP contribution in [0.5, 0.6) is 11.5 Å². The van der Waals surface area contributed by atoms with E-state index in [-0.39, 0.29) is 116 Å². The van der Waals surface area contributed by atoms with Gasteiger partial charge in [0.2, 0.25) is 5.44 Å². The predicted molar refractivity (Wildman–Crippen MR) is 93.1 cm³/mol. The second-order valence-corrected chi connectivity index (χ2v) is 7.95. The van der Waals surface area contributed by atoms with Crippen LogP contribution < -0.4 is 112 Å². The zero-order valence-corrected chi connectivity index (χ0v) is 24.1. The summed E-state index contributed by atoms with van der Waals surface area (Å²) in [6, 6.07) is 14.0. The van der Waals surface area contributed by atoms with Crippen LogP contribution >= 0.6 is 19.9 Å². The van der Waals surface area contributed by atoms with Gasteiger partial charge < -0.3 is 14.2 Å². The van der Waals surface area contributed by atoms with Crippen LogP contribution in [0.4, 0.5) is 0 Å². The van der Waals surface area contributed by atoms with Crippen molar-refractivity contribution in [2.45, 2.75) is 24.7 Å². The van der Waals surface area contributed by atoms with Crippen molar-refractivity contribution in [3.63, 3.8) is 0 Å². The van der Waals surface area contributed by atoms with E-state index in [2.05, 4.69) is 4.52 Å². The second kappa shape index (κ2) is 14.7. The molecule has 0 heterocycles. The molecule has 0 amide bonds. The molecular formula is C16H15ClK2O7PS+. The van der Waals surface area contributed by atoms with Gasteiger partial charge in [-0.15, -0.1) is 4.52 Å². The van der Waals surface area contributed by atoms with Gasteiger partial charge in [0.15, 0.2) is 0 Å². The van der Waals surface area contributed by atoms with Gasteiger partial charge in [-0.1, -0.05) is 23.7 Å². The molecule has 0 saturated heterocycles. The van der Waals surface area contributed by atoms with Gasteiger partial charge in [0, 0.05) is 5.02 Å². The molecule has 2 aromatic rings. The quantitative estimate of drug-likeness (QED) is 0.212. The molecular weight excluding hydrogens is 481 g/mol. The van der Waals surface area contributed by atoms with E-state index in [0.717, 1.165) is 5.56 Å². The Bertz CT molecular complexity index is 866. The summed E-state index contributed by atoms with van der Waals surface area (Å²) >= 11 is 5.82. The Balaban J connectivity index is 0.00000364. The van der Waals surface area contributed by atoms with Gasteiger partial charge in [0.1, 0.15) is 21.6 Å². The molecule has 0 radical (unpaired) electrons. The maximum atomic E-state index is 11.0. The van der Waals surface area contributed by atoms with Crippen LogP contribution in [0.3, 0.4) is 0 Å². The molecule has 2 rings (SSSR count). The minimum Gasteiger partial charge on any atom is -0.746 e. The Labute approximate surface area is 255 Å². The molecule has 0 bridgehead atoms. The number of rotatable bonds is 9. The van der Waals surface area contributed by atoms with E-state index in [4.69, 9.17) is 16.3 Å². The van der Waals surface area contributed by atoms with Crippen LogP contribution in [-0.4, -0.2) is 18.4 Å². The van der Waals surface area contributed by atoms with E-state index < -0.39 is 23.8 Å². The van der Waals surface area contributed by atoms with Gasteiger partial charge in [-0.05, 0) is 65.8 Å². The summed E-state index contributed by atoms with van der Waals surface area (Å²) in [5.74, 6) is 1.19. The van der Waals surface area contributed by atoms with Crippen molar-refractivity contribution in [2.75, 3.05) is 0 Å². The normalized spacial score (nSPS) is 12.3. The SMILES string of the molecule is O=[P+]([O-])OC(CCCc1cccc(Oc2ccc(Cl)cc2)c1)S(=O)(=O)[O-].[K+].[K+]. The second-order valence-electron chi connectivity index (χ2n) is 5.35. The zero-order chi connectivity index (χ0) is 19.2. The van der Waals surface area contributed by atoms with Crippen LogP contribution in [-0.2, 0) is 25.6 Å². The summed E-state index contributed by atoms with van der Waals surface area (Å²) < 4.78 is 53.4. The Hall–Kier alpha value is 1.73. The first-order valence-corrected chi connectivity index (χ1v) is 10.5. The minimum atomic E-state index is -4.86. The summed E-state index contributed by atoms with van der Waals surface area (Å²) in [6.07, 6.45) is 0.444. The number of hydrogen-bond acceptors (Lipinski definition) is 7. The number of aryl methyl sites for hydroxylation is 1. The third-order valence-electron chi connectivity index (χ3n) is 3.38. The molecule has 0 spiro atoms. The number of benzene rings is 2. The molecule has 0 saturated carbocycles. The molecule has 2 aromatic carbocycles. The summed E-state index contributed by atoms with van der Waals surface area (Å²) in [5, 5.41) is 0.594. The van der Waals surface area contributed by atoms with E-state index in [0.29, 0.717) is 22.9 Å². The first-order valence-electron chi connectivity index (χ1n) is 7.52. The summed E-state index contributed by atoms with van der Waals surface area (Å²) in [5.41, 5.74) is -1.07. The Morgan fingerprint density at radius 3 is 2.29 bits per heavy atom. The van der Waals surface area contributed by atoms with Crippen LogP contribution in [0, 0.1) is 0 Å². The van der Waals surface area contributed by atoms with Crippen LogP contribution in [0.1, 0.15) is 18.4 Å². The summed E-state index contributed by atoms with van der Waals surface area (Å²) in [7, 11) is -8.28. The average Bonchev–Trinajstić information content (AvgIpc) is 2.55. The molecule has 0 N–H and O–H groups in total. The third kappa shape index (κ3) is 11.4. The van der Waals surface area contributed by atoms with E-state index in [1.807, 2.05) is 6.07 Å². The van der Waals surface area contributed by atoms with Gasteiger partial charge >= 0.3 is 111 Å². The first kappa shape index (κ1) is 29.7. The summed E-state index contributed by atoms with van der Waals surface area (Å²) in [6.45, 7) is 0. The van der Waals surface area contributed by atoms with Gasteiger partial charge in [-0.25, -0.2) is 8.42 Å². The van der Waals surface area contributed by atoms with Gasteiger partial charge in [0.25, 0.3) is 0 Å². The Morgan fingerprint density at radius 1 is 1.07 bits per heavy atom. The molecule has 12 heteroatoms. The molecule has 7 nitrogen and oxygen atoms in total. The van der Waals surface area contributed by atoms with E-state index in [1.165, 1.54) is 0 Å². The largest absolute Gasteiger partial charge is 1.00 e. The fourth-order valence-corrected chi connectivity index (χ4v) is 3.73. The standard InChI is InChI=1S/C16H16ClO7PS.2K/c17-13-7-9-14(10-8-13)23-15-5-1-3-12(11-15)4-2-6-16(24-25(18)19)26(20,21)22;;/h1,3,5,7-11,16H,2,4,6H2,(H,20,21,22);;/q;2*+1/p-1. The van der Waals surface area contributed by atoms with Crippen LogP contribution in [0.25, 0.3) is 0 Å². The zero-order valence-electron chi connectivity index (χ0n) is 15.4. The monoisotopic (exact) mass is 495 g/mol. The topological polar surface area (TPSA) is 116 Å². The van der Waals surface area contributed by atoms with Gasteiger partial charge in [0.05, 0.1) is 0 Å². The molecule has 0 fully saturated rings. The predicted octanol–water partition coefficient (Wildman–Crippen LogP) is -2.63. The fourth-order valence-electron chi connectivity index (χ4n) is 2.22. The van der Waals surface area contributed by atoms with Crippen molar-refractivity contribution in [1.82, 2.24) is 0 Å². The summed E-state index contributed by atoms with van der Waals surface area (Å²) in [4.78, 5) is 10.5. The average molecular weight is 496 g/mol. The maximum absolute atomic E-state index is 11.0. The molecule has 2 unspecified atom stereocenters. The van der Waals surface area contributed by atoms with Crippen molar-refractivity contribution in [1.29, 1.82) is 0 Å². The molecule has 0 aromatic heterocycles. The fraction of sp³-hybridized carbons (Fsp3) is 0.250. The number of hydrogen-bond donors (Lipinski definition) is 0. The molecule has 140 valence electrons. The number of ether oxygens (including phenoxy) is 1. The van der Waals surface area contributed by atoms with Gasteiger partial charge in [-0.2, -0.15) is 0 Å². The Kier molecular flexibility index (Phi) is 15.6. The molecule has 2 atom stereocenters. The van der Waals surface area contributed by atoms with Crippen molar-refractivity contribution < 1.29 is 134 Å².